The molecule has 0 saturated carbocycles. The Morgan fingerprint density at radius 1 is 0.833 bits per heavy atom. The summed E-state index contributed by atoms with van der Waals surface area (Å²) in [6.45, 7) is 2.89. The number of hydrogen-bond acceptors (Lipinski definition) is 2. The topological polar surface area (TPSA) is 32.3 Å². The molecule has 3 aromatic carbocycles. The summed E-state index contributed by atoms with van der Waals surface area (Å²) >= 11 is 0. The lowest BCUT2D eigenvalue weighted by Crippen LogP contribution is -2.58. The number of unbranched alkanes of at least 4 members (excludes halogenated alkanes) is 2. The standard InChI is InChI=1S/C27H30N2O/c1-2-3-12-20-27(23-15-8-5-9-16-23)28-25-18-11-10-17-24(25)26(30)29(27)21-19-22-13-6-4-7-14-22/h4-11,13-18,28H,2-3,12,19-21H2,1H3. The highest BCUT2D eigenvalue weighted by molar-refractivity contribution is 6.02. The van der Waals surface area contributed by atoms with Crippen LogP contribution in [0.2, 0.25) is 0 Å². The highest BCUT2D eigenvalue weighted by atomic mass is 16.2. The van der Waals surface area contributed by atoms with Gasteiger partial charge >= 0.3 is 0 Å². The summed E-state index contributed by atoms with van der Waals surface area (Å²) < 4.78 is 0. The van der Waals surface area contributed by atoms with E-state index in [1.807, 2.05) is 36.4 Å². The zero-order valence-corrected chi connectivity index (χ0v) is 17.7. The SMILES string of the molecule is CCCCCC1(c2ccccc2)Nc2ccccc2C(=O)N1CCc1ccccc1. The fraction of sp³-hybridized carbons (Fsp3) is 0.296. The summed E-state index contributed by atoms with van der Waals surface area (Å²) in [4.78, 5) is 15.8. The molecule has 3 heteroatoms. The molecule has 154 valence electrons. The highest BCUT2D eigenvalue weighted by Gasteiger charge is 2.45. The van der Waals surface area contributed by atoms with Gasteiger partial charge in [0.05, 0.1) is 5.56 Å². The Kier molecular flexibility index (Phi) is 6.18. The molecule has 1 amide bonds. The lowest BCUT2D eigenvalue weighted by atomic mass is 9.87. The van der Waals surface area contributed by atoms with Gasteiger partial charge in [0.2, 0.25) is 0 Å². The number of fused-ring (bicyclic) bond motifs is 1. The number of hydrogen-bond donors (Lipinski definition) is 1. The molecule has 1 aliphatic heterocycles. The van der Waals surface area contributed by atoms with Crippen molar-refractivity contribution in [3.63, 3.8) is 0 Å². The first-order chi connectivity index (χ1) is 14.7. The lowest BCUT2D eigenvalue weighted by molar-refractivity contribution is 0.0468. The summed E-state index contributed by atoms with van der Waals surface area (Å²) in [7, 11) is 0. The Morgan fingerprint density at radius 3 is 2.23 bits per heavy atom. The van der Waals surface area contributed by atoms with Crippen LogP contribution >= 0.6 is 0 Å². The quantitative estimate of drug-likeness (QED) is 0.456. The van der Waals surface area contributed by atoms with Gasteiger partial charge in [0, 0.05) is 12.2 Å². The molecular formula is C27H30N2O. The first-order valence-electron chi connectivity index (χ1n) is 11.0. The molecule has 3 nitrogen and oxygen atoms in total. The van der Waals surface area contributed by atoms with Gasteiger partial charge in [0.1, 0.15) is 5.66 Å². The molecule has 0 fully saturated rings. The van der Waals surface area contributed by atoms with E-state index in [0.717, 1.165) is 48.9 Å². The average Bonchev–Trinajstić information content (AvgIpc) is 2.80. The van der Waals surface area contributed by atoms with E-state index in [9.17, 15) is 4.79 Å². The van der Waals surface area contributed by atoms with E-state index in [0.29, 0.717) is 6.54 Å². The summed E-state index contributed by atoms with van der Waals surface area (Å²) in [6.07, 6.45) is 5.09. The molecule has 1 N–H and O–H groups in total. The number of nitrogens with one attached hydrogen (secondary N) is 1. The normalized spacial score (nSPS) is 18.0. The van der Waals surface area contributed by atoms with Crippen LogP contribution < -0.4 is 5.32 Å². The van der Waals surface area contributed by atoms with Crippen molar-refractivity contribution in [3.8, 4) is 0 Å². The molecule has 1 unspecified atom stereocenters. The van der Waals surface area contributed by atoms with Gasteiger partial charge in [-0.05, 0) is 42.5 Å². The van der Waals surface area contributed by atoms with Crippen molar-refractivity contribution in [1.82, 2.24) is 4.90 Å². The predicted molar refractivity (Wildman–Crippen MR) is 124 cm³/mol. The largest absolute Gasteiger partial charge is 0.358 e. The van der Waals surface area contributed by atoms with Crippen LogP contribution in [0.4, 0.5) is 5.69 Å². The molecule has 0 spiro atoms. The van der Waals surface area contributed by atoms with Gasteiger partial charge in [-0.3, -0.25) is 4.79 Å². The average molecular weight is 399 g/mol. The van der Waals surface area contributed by atoms with Crippen LogP contribution in [0, 0.1) is 0 Å². The first-order valence-corrected chi connectivity index (χ1v) is 11.0. The van der Waals surface area contributed by atoms with E-state index >= 15 is 0 Å². The molecule has 3 aromatic rings. The van der Waals surface area contributed by atoms with Gasteiger partial charge in [-0.2, -0.15) is 0 Å². The van der Waals surface area contributed by atoms with E-state index in [2.05, 4.69) is 65.7 Å². The molecule has 1 aliphatic rings. The molecule has 0 aliphatic carbocycles. The Balaban J connectivity index is 1.76. The van der Waals surface area contributed by atoms with Crippen LogP contribution in [0.3, 0.4) is 0 Å². The van der Waals surface area contributed by atoms with Crippen molar-refractivity contribution in [2.45, 2.75) is 44.7 Å². The summed E-state index contributed by atoms with van der Waals surface area (Å²) in [5.41, 5.74) is 3.56. The zero-order valence-electron chi connectivity index (χ0n) is 17.7. The molecule has 4 rings (SSSR count). The third-order valence-corrected chi connectivity index (χ3v) is 6.07. The number of para-hydroxylation sites is 1. The summed E-state index contributed by atoms with van der Waals surface area (Å²) in [5.74, 6) is 0.112. The fourth-order valence-corrected chi connectivity index (χ4v) is 4.48. The maximum atomic E-state index is 13.7. The first kappa shape index (κ1) is 20.2. The zero-order chi connectivity index (χ0) is 20.8. The van der Waals surface area contributed by atoms with Gasteiger partial charge in [-0.15, -0.1) is 0 Å². The second-order valence-corrected chi connectivity index (χ2v) is 8.05. The fourth-order valence-electron chi connectivity index (χ4n) is 4.48. The predicted octanol–water partition coefficient (Wildman–Crippen LogP) is 6.23. The summed E-state index contributed by atoms with van der Waals surface area (Å²) in [6, 6.07) is 28.8. The Labute approximate surface area is 179 Å². The van der Waals surface area contributed by atoms with Crippen LogP contribution in [0.5, 0.6) is 0 Å². The number of rotatable bonds is 8. The third-order valence-electron chi connectivity index (χ3n) is 6.07. The lowest BCUT2D eigenvalue weighted by Gasteiger charge is -2.49. The Hall–Kier alpha value is -3.07. The molecule has 1 atom stereocenters. The molecule has 0 saturated heterocycles. The van der Waals surface area contributed by atoms with E-state index in [1.165, 1.54) is 5.56 Å². The molecule has 0 radical (unpaired) electrons. The van der Waals surface area contributed by atoms with Gasteiger partial charge in [-0.1, -0.05) is 92.6 Å². The summed E-state index contributed by atoms with van der Waals surface area (Å²) in [5, 5.41) is 3.81. The number of carbonyl (C=O) groups excluding carboxylic acids is 1. The van der Waals surface area contributed by atoms with Gasteiger partial charge < -0.3 is 10.2 Å². The third kappa shape index (κ3) is 3.97. The van der Waals surface area contributed by atoms with Crippen molar-refractivity contribution in [2.24, 2.45) is 0 Å². The minimum atomic E-state index is -0.531. The van der Waals surface area contributed by atoms with Crippen LogP contribution in [0.1, 0.15) is 54.1 Å². The van der Waals surface area contributed by atoms with E-state index in [-0.39, 0.29) is 5.91 Å². The number of anilines is 1. The molecule has 0 aromatic heterocycles. The molecule has 0 bridgehead atoms. The van der Waals surface area contributed by atoms with Crippen molar-refractivity contribution in [3.05, 3.63) is 102 Å². The van der Waals surface area contributed by atoms with Crippen LogP contribution in [-0.2, 0) is 12.1 Å². The maximum absolute atomic E-state index is 13.7. The van der Waals surface area contributed by atoms with Crippen LogP contribution in [0.25, 0.3) is 0 Å². The van der Waals surface area contributed by atoms with Crippen molar-refractivity contribution in [2.75, 3.05) is 11.9 Å². The van der Waals surface area contributed by atoms with Crippen LogP contribution in [-0.4, -0.2) is 17.4 Å². The smallest absolute Gasteiger partial charge is 0.258 e. The van der Waals surface area contributed by atoms with Gasteiger partial charge in [0.15, 0.2) is 0 Å². The number of amides is 1. The minimum Gasteiger partial charge on any atom is -0.358 e. The van der Waals surface area contributed by atoms with Gasteiger partial charge in [-0.25, -0.2) is 0 Å². The van der Waals surface area contributed by atoms with Gasteiger partial charge in [0.25, 0.3) is 5.91 Å². The van der Waals surface area contributed by atoms with E-state index in [1.54, 1.807) is 0 Å². The Bertz CT molecular complexity index is 970. The van der Waals surface area contributed by atoms with Crippen molar-refractivity contribution >= 4 is 11.6 Å². The van der Waals surface area contributed by atoms with E-state index in [4.69, 9.17) is 0 Å². The van der Waals surface area contributed by atoms with Crippen LogP contribution in [0.15, 0.2) is 84.9 Å². The highest BCUT2D eigenvalue weighted by Crippen LogP contribution is 2.41. The maximum Gasteiger partial charge on any atom is 0.258 e. The number of nitrogens with zero attached hydrogens (tertiary/aromatic N) is 1. The number of carbonyl (C=O) groups is 1. The molecular weight excluding hydrogens is 368 g/mol. The minimum absolute atomic E-state index is 0.112. The Morgan fingerprint density at radius 2 is 1.50 bits per heavy atom. The monoisotopic (exact) mass is 398 g/mol. The van der Waals surface area contributed by atoms with E-state index < -0.39 is 5.66 Å². The second kappa shape index (κ2) is 9.17. The molecule has 30 heavy (non-hydrogen) atoms. The van der Waals surface area contributed by atoms with Crippen molar-refractivity contribution in [1.29, 1.82) is 0 Å². The van der Waals surface area contributed by atoms with Crippen molar-refractivity contribution < 1.29 is 4.79 Å². The number of benzene rings is 3. The molecule has 1 heterocycles. The second-order valence-electron chi connectivity index (χ2n) is 8.05.